The molecule has 2 N–H and O–H groups in total. The second-order valence-electron chi connectivity index (χ2n) is 5.19. The molecule has 1 fully saturated rings. The number of nitrogens with zero attached hydrogens (tertiary/aromatic N) is 2. The standard InChI is InChI=1S/C14H20N4S/c1-9-10(2)19-14-12(9)13(17-8-18-14)16-7-5-11-4-3-6-15-11/h8,11,15H,3-7H2,1-2H3,(H,16,17,18)/t11-/m0/s1. The van der Waals surface area contributed by atoms with Gasteiger partial charge in [0.25, 0.3) is 0 Å². The van der Waals surface area contributed by atoms with Gasteiger partial charge in [0.05, 0.1) is 5.39 Å². The number of thiophene rings is 1. The fourth-order valence-corrected chi connectivity index (χ4v) is 3.68. The molecule has 4 nitrogen and oxygen atoms in total. The quantitative estimate of drug-likeness (QED) is 0.901. The summed E-state index contributed by atoms with van der Waals surface area (Å²) in [6.07, 6.45) is 5.43. The monoisotopic (exact) mass is 276 g/mol. The summed E-state index contributed by atoms with van der Waals surface area (Å²) in [5.41, 5.74) is 1.31. The third-order valence-corrected chi connectivity index (χ3v) is 5.03. The van der Waals surface area contributed by atoms with Gasteiger partial charge in [0.15, 0.2) is 0 Å². The van der Waals surface area contributed by atoms with Crippen LogP contribution in [0.2, 0.25) is 0 Å². The summed E-state index contributed by atoms with van der Waals surface area (Å²) in [5.74, 6) is 0.991. The van der Waals surface area contributed by atoms with Gasteiger partial charge in [-0.05, 0) is 45.2 Å². The molecule has 3 heterocycles. The van der Waals surface area contributed by atoms with E-state index in [9.17, 15) is 0 Å². The SMILES string of the molecule is Cc1sc2ncnc(NCC[C@@H]3CCCN3)c2c1C. The second kappa shape index (κ2) is 5.43. The Bertz CT molecular complexity index is 572. The summed E-state index contributed by atoms with van der Waals surface area (Å²) >= 11 is 1.75. The van der Waals surface area contributed by atoms with E-state index in [1.807, 2.05) is 0 Å². The smallest absolute Gasteiger partial charge is 0.138 e. The van der Waals surface area contributed by atoms with Gasteiger partial charge in [-0.1, -0.05) is 0 Å². The van der Waals surface area contributed by atoms with E-state index in [-0.39, 0.29) is 0 Å². The van der Waals surface area contributed by atoms with Crippen LogP contribution in [0.1, 0.15) is 29.7 Å². The van der Waals surface area contributed by atoms with Crippen molar-refractivity contribution in [3.8, 4) is 0 Å². The first kappa shape index (κ1) is 12.8. The van der Waals surface area contributed by atoms with Crippen molar-refractivity contribution < 1.29 is 0 Å². The molecule has 0 saturated carbocycles. The highest BCUT2D eigenvalue weighted by atomic mass is 32.1. The molecule has 102 valence electrons. The van der Waals surface area contributed by atoms with Gasteiger partial charge in [-0.3, -0.25) is 0 Å². The molecule has 0 bridgehead atoms. The van der Waals surface area contributed by atoms with Crippen LogP contribution in [0.3, 0.4) is 0 Å². The van der Waals surface area contributed by atoms with Crippen LogP contribution >= 0.6 is 11.3 Å². The summed E-state index contributed by atoms with van der Waals surface area (Å²) in [6, 6.07) is 0.676. The first-order chi connectivity index (χ1) is 9.25. The molecule has 1 saturated heterocycles. The van der Waals surface area contributed by atoms with Crippen LogP contribution in [0, 0.1) is 13.8 Å². The third kappa shape index (κ3) is 2.58. The van der Waals surface area contributed by atoms with E-state index in [0.717, 1.165) is 23.6 Å². The van der Waals surface area contributed by atoms with Gasteiger partial charge in [0, 0.05) is 17.5 Å². The lowest BCUT2D eigenvalue weighted by molar-refractivity contribution is 0.574. The minimum Gasteiger partial charge on any atom is -0.369 e. The summed E-state index contributed by atoms with van der Waals surface area (Å²) in [7, 11) is 0. The molecule has 2 aromatic heterocycles. The number of fused-ring (bicyclic) bond motifs is 1. The number of nitrogens with one attached hydrogen (secondary N) is 2. The summed E-state index contributed by atoms with van der Waals surface area (Å²) in [5, 5.41) is 8.21. The highest BCUT2D eigenvalue weighted by Crippen LogP contribution is 2.32. The molecule has 0 spiro atoms. The van der Waals surface area contributed by atoms with Crippen LogP contribution < -0.4 is 10.6 Å². The zero-order valence-electron chi connectivity index (χ0n) is 11.5. The van der Waals surface area contributed by atoms with Crippen LogP contribution in [0.4, 0.5) is 5.82 Å². The number of hydrogen-bond donors (Lipinski definition) is 2. The fraction of sp³-hybridized carbons (Fsp3) is 0.571. The van der Waals surface area contributed by atoms with Gasteiger partial charge in [-0.15, -0.1) is 11.3 Å². The topological polar surface area (TPSA) is 49.8 Å². The first-order valence-electron chi connectivity index (χ1n) is 6.93. The van der Waals surface area contributed by atoms with Crippen molar-refractivity contribution in [2.75, 3.05) is 18.4 Å². The maximum absolute atomic E-state index is 4.41. The molecule has 5 heteroatoms. The van der Waals surface area contributed by atoms with Gasteiger partial charge in [0.2, 0.25) is 0 Å². The molecule has 1 atom stereocenters. The Labute approximate surface area is 117 Å². The maximum Gasteiger partial charge on any atom is 0.138 e. The Morgan fingerprint density at radius 1 is 1.42 bits per heavy atom. The van der Waals surface area contributed by atoms with E-state index in [0.29, 0.717) is 6.04 Å². The van der Waals surface area contributed by atoms with Crippen molar-refractivity contribution in [2.45, 2.75) is 39.2 Å². The molecular formula is C14H20N4S. The maximum atomic E-state index is 4.41. The summed E-state index contributed by atoms with van der Waals surface area (Å²) in [4.78, 5) is 11.2. The highest BCUT2D eigenvalue weighted by Gasteiger charge is 2.14. The minimum atomic E-state index is 0.676. The van der Waals surface area contributed by atoms with Crippen molar-refractivity contribution in [3.63, 3.8) is 0 Å². The van der Waals surface area contributed by atoms with Crippen molar-refractivity contribution in [1.82, 2.24) is 15.3 Å². The molecule has 1 aliphatic rings. The zero-order chi connectivity index (χ0) is 13.2. The van der Waals surface area contributed by atoms with E-state index in [1.54, 1.807) is 17.7 Å². The summed E-state index contributed by atoms with van der Waals surface area (Å²) in [6.45, 7) is 6.44. The van der Waals surface area contributed by atoms with Gasteiger partial charge in [0.1, 0.15) is 17.0 Å². The van der Waals surface area contributed by atoms with E-state index in [2.05, 4.69) is 34.4 Å². The van der Waals surface area contributed by atoms with Crippen LogP contribution in [0.5, 0.6) is 0 Å². The third-order valence-electron chi connectivity index (χ3n) is 3.91. The van der Waals surface area contributed by atoms with Gasteiger partial charge < -0.3 is 10.6 Å². The number of aromatic nitrogens is 2. The van der Waals surface area contributed by atoms with Gasteiger partial charge >= 0.3 is 0 Å². The average Bonchev–Trinajstić information content (AvgIpc) is 3.00. The normalized spacial score (nSPS) is 19.2. The van der Waals surface area contributed by atoms with E-state index < -0.39 is 0 Å². The lowest BCUT2D eigenvalue weighted by Crippen LogP contribution is -2.24. The Kier molecular flexibility index (Phi) is 3.66. The molecule has 0 aliphatic carbocycles. The lowest BCUT2D eigenvalue weighted by atomic mass is 10.1. The molecule has 0 amide bonds. The van der Waals surface area contributed by atoms with Crippen LogP contribution in [-0.2, 0) is 0 Å². The summed E-state index contributed by atoms with van der Waals surface area (Å²) < 4.78 is 0. The Morgan fingerprint density at radius 2 is 2.32 bits per heavy atom. The van der Waals surface area contributed by atoms with Crippen molar-refractivity contribution >= 4 is 27.4 Å². The molecule has 2 aromatic rings. The molecule has 3 rings (SSSR count). The molecular weight excluding hydrogens is 256 g/mol. The van der Waals surface area contributed by atoms with E-state index >= 15 is 0 Å². The largest absolute Gasteiger partial charge is 0.369 e. The van der Waals surface area contributed by atoms with Crippen molar-refractivity contribution in [1.29, 1.82) is 0 Å². The molecule has 1 aliphatic heterocycles. The Hall–Kier alpha value is -1.20. The highest BCUT2D eigenvalue weighted by molar-refractivity contribution is 7.18. The van der Waals surface area contributed by atoms with Gasteiger partial charge in [-0.2, -0.15) is 0 Å². The molecule has 19 heavy (non-hydrogen) atoms. The average molecular weight is 276 g/mol. The zero-order valence-corrected chi connectivity index (χ0v) is 12.3. The first-order valence-corrected chi connectivity index (χ1v) is 7.75. The number of anilines is 1. The molecule has 0 unspecified atom stereocenters. The lowest BCUT2D eigenvalue weighted by Gasteiger charge is -2.11. The van der Waals surface area contributed by atoms with Crippen LogP contribution in [0.15, 0.2) is 6.33 Å². The molecule has 0 aromatic carbocycles. The fourth-order valence-electron chi connectivity index (χ4n) is 2.68. The number of rotatable bonds is 4. The van der Waals surface area contributed by atoms with E-state index in [4.69, 9.17) is 0 Å². The minimum absolute atomic E-state index is 0.676. The van der Waals surface area contributed by atoms with Crippen LogP contribution in [0.25, 0.3) is 10.2 Å². The van der Waals surface area contributed by atoms with Gasteiger partial charge in [-0.25, -0.2) is 9.97 Å². The number of hydrogen-bond acceptors (Lipinski definition) is 5. The van der Waals surface area contributed by atoms with Crippen molar-refractivity contribution in [2.24, 2.45) is 0 Å². The molecule has 0 radical (unpaired) electrons. The Morgan fingerprint density at radius 3 is 3.11 bits per heavy atom. The Balaban J connectivity index is 1.73. The van der Waals surface area contributed by atoms with Crippen LogP contribution in [-0.4, -0.2) is 29.1 Å². The predicted octanol–water partition coefficient (Wildman–Crippen LogP) is 2.86. The second-order valence-corrected chi connectivity index (χ2v) is 6.40. The number of aryl methyl sites for hydroxylation is 2. The predicted molar refractivity (Wildman–Crippen MR) is 81.0 cm³/mol. The van der Waals surface area contributed by atoms with E-state index in [1.165, 1.54) is 35.2 Å². The van der Waals surface area contributed by atoms with Crippen molar-refractivity contribution in [3.05, 3.63) is 16.8 Å².